The lowest BCUT2D eigenvalue weighted by Gasteiger charge is -2.25. The van der Waals surface area contributed by atoms with Gasteiger partial charge in [0.1, 0.15) is 5.82 Å². The first-order chi connectivity index (χ1) is 11.4. The number of hydrogen-bond donors (Lipinski definition) is 2. The van der Waals surface area contributed by atoms with E-state index in [1.165, 1.54) is 23.5 Å². The predicted octanol–water partition coefficient (Wildman–Crippen LogP) is 3.17. The van der Waals surface area contributed by atoms with Crippen LogP contribution in [-0.4, -0.2) is 40.2 Å². The van der Waals surface area contributed by atoms with Crippen LogP contribution in [0.2, 0.25) is 0 Å². The third-order valence-electron chi connectivity index (χ3n) is 4.52. The second-order valence-electron chi connectivity index (χ2n) is 6.20. The van der Waals surface area contributed by atoms with Crippen molar-refractivity contribution in [3.63, 3.8) is 0 Å². The number of carbonyl (C=O) groups is 1. The summed E-state index contributed by atoms with van der Waals surface area (Å²) in [6.07, 6.45) is 2.29. The number of nitrogens with zero attached hydrogens (tertiary/aromatic N) is 2. The van der Waals surface area contributed by atoms with E-state index in [1.54, 1.807) is 24.1 Å². The summed E-state index contributed by atoms with van der Waals surface area (Å²) in [5, 5.41) is 12.8. The number of likely N-dealkylation sites (N-methyl/N-ethyl adjacent to an activating group) is 1. The number of thiazole rings is 1. The van der Waals surface area contributed by atoms with Crippen LogP contribution in [0.4, 0.5) is 14.3 Å². The zero-order valence-electron chi connectivity index (χ0n) is 13.7. The first-order valence-corrected chi connectivity index (χ1v) is 8.61. The maximum absolute atomic E-state index is 13.0. The smallest absolute Gasteiger partial charge is 0.323 e. The van der Waals surface area contributed by atoms with Crippen LogP contribution < -0.4 is 5.32 Å². The van der Waals surface area contributed by atoms with Crippen molar-refractivity contribution in [2.45, 2.75) is 31.7 Å². The number of anilines is 1. The molecule has 2 amide bonds. The van der Waals surface area contributed by atoms with E-state index in [0.717, 1.165) is 29.0 Å². The third-order valence-corrected chi connectivity index (χ3v) is 5.59. The minimum absolute atomic E-state index is 0.0242. The highest BCUT2D eigenvalue weighted by atomic mass is 32.1. The number of carbonyl (C=O) groups excluding carboxylic acids is 1. The Hall–Kier alpha value is -1.99. The molecule has 1 aliphatic rings. The molecule has 1 fully saturated rings. The lowest BCUT2D eigenvalue weighted by Crippen LogP contribution is -2.43. The molecule has 1 saturated carbocycles. The Morgan fingerprint density at radius 2 is 2.08 bits per heavy atom. The van der Waals surface area contributed by atoms with E-state index < -0.39 is 5.54 Å². The number of urea groups is 1. The van der Waals surface area contributed by atoms with Crippen LogP contribution in [-0.2, 0) is 6.42 Å². The van der Waals surface area contributed by atoms with Gasteiger partial charge in [0, 0.05) is 18.3 Å². The van der Waals surface area contributed by atoms with Gasteiger partial charge >= 0.3 is 6.03 Å². The molecule has 0 aliphatic heterocycles. The average molecular weight is 349 g/mol. The molecule has 3 rings (SSSR count). The van der Waals surface area contributed by atoms with Crippen molar-refractivity contribution >= 4 is 22.5 Å². The number of aliphatic hydroxyl groups is 1. The van der Waals surface area contributed by atoms with Crippen LogP contribution in [0.15, 0.2) is 24.3 Å². The number of benzene rings is 1. The van der Waals surface area contributed by atoms with Crippen LogP contribution in [0.1, 0.15) is 29.0 Å². The Morgan fingerprint density at radius 1 is 1.42 bits per heavy atom. The summed E-state index contributed by atoms with van der Waals surface area (Å²) in [5.74, 6) is -0.256. The maximum atomic E-state index is 13.0. The van der Waals surface area contributed by atoms with Gasteiger partial charge in [-0.05, 0) is 37.5 Å². The average Bonchev–Trinajstić information content (AvgIpc) is 3.29. The Balaban J connectivity index is 1.67. The fraction of sp³-hybridized carbons (Fsp3) is 0.412. The molecular formula is C17H20FN3O2S. The minimum Gasteiger partial charge on any atom is -0.394 e. The summed E-state index contributed by atoms with van der Waals surface area (Å²) in [6, 6.07) is 6.11. The van der Waals surface area contributed by atoms with Gasteiger partial charge in [-0.2, -0.15) is 0 Å². The van der Waals surface area contributed by atoms with Crippen LogP contribution in [0, 0.1) is 12.7 Å². The lowest BCUT2D eigenvalue weighted by molar-refractivity contribution is 0.145. The molecule has 1 aromatic carbocycles. The summed E-state index contributed by atoms with van der Waals surface area (Å²) < 4.78 is 13.0. The topological polar surface area (TPSA) is 65.5 Å². The van der Waals surface area contributed by atoms with Gasteiger partial charge in [-0.3, -0.25) is 5.32 Å². The highest BCUT2D eigenvalue weighted by Gasteiger charge is 2.48. The molecule has 0 spiro atoms. The molecule has 1 heterocycles. The molecule has 128 valence electrons. The zero-order valence-corrected chi connectivity index (χ0v) is 14.5. The molecule has 0 saturated heterocycles. The van der Waals surface area contributed by atoms with Crippen molar-refractivity contribution in [2.24, 2.45) is 0 Å². The van der Waals surface area contributed by atoms with E-state index in [2.05, 4.69) is 10.3 Å². The predicted molar refractivity (Wildman–Crippen MR) is 91.9 cm³/mol. The Kier molecular flexibility index (Phi) is 4.56. The van der Waals surface area contributed by atoms with E-state index in [1.807, 2.05) is 6.92 Å². The van der Waals surface area contributed by atoms with Gasteiger partial charge in [-0.25, -0.2) is 14.2 Å². The largest absolute Gasteiger partial charge is 0.394 e. The van der Waals surface area contributed by atoms with Gasteiger partial charge in [0.25, 0.3) is 0 Å². The molecule has 1 aliphatic carbocycles. The number of halogens is 1. The van der Waals surface area contributed by atoms with Crippen LogP contribution in [0.3, 0.4) is 0 Å². The fourth-order valence-corrected chi connectivity index (χ4v) is 3.55. The standard InChI is InChI=1S/C17H20FN3O2S/c1-11-14(9-12-3-5-13(18)6-4-12)24-15(19-11)20-16(23)21(2)17(10-22)7-8-17/h3-6,22H,7-10H2,1-2H3,(H,19,20,23). The normalized spacial score (nSPS) is 15.2. The third kappa shape index (κ3) is 3.42. The molecule has 7 heteroatoms. The SMILES string of the molecule is Cc1nc(NC(=O)N(C)C2(CO)CC2)sc1Cc1ccc(F)cc1. The molecule has 0 bridgehead atoms. The number of aryl methyl sites for hydroxylation is 1. The molecule has 2 N–H and O–H groups in total. The number of hydrogen-bond acceptors (Lipinski definition) is 4. The fourth-order valence-electron chi connectivity index (χ4n) is 2.57. The molecule has 1 aromatic heterocycles. The highest BCUT2D eigenvalue weighted by Crippen LogP contribution is 2.40. The van der Waals surface area contributed by atoms with E-state index >= 15 is 0 Å². The van der Waals surface area contributed by atoms with Crippen molar-refractivity contribution in [3.8, 4) is 0 Å². The van der Waals surface area contributed by atoms with Gasteiger partial charge in [-0.15, -0.1) is 11.3 Å². The molecule has 24 heavy (non-hydrogen) atoms. The maximum Gasteiger partial charge on any atom is 0.323 e. The summed E-state index contributed by atoms with van der Waals surface area (Å²) in [7, 11) is 1.69. The van der Waals surface area contributed by atoms with Gasteiger partial charge in [0.05, 0.1) is 17.8 Å². The number of aromatic nitrogens is 1. The monoisotopic (exact) mass is 349 g/mol. The van der Waals surface area contributed by atoms with Crippen molar-refractivity contribution in [1.29, 1.82) is 0 Å². The zero-order chi connectivity index (χ0) is 17.3. The van der Waals surface area contributed by atoms with Crippen molar-refractivity contribution in [3.05, 3.63) is 46.2 Å². The molecule has 0 atom stereocenters. The van der Waals surface area contributed by atoms with Crippen molar-refractivity contribution in [2.75, 3.05) is 19.0 Å². The summed E-state index contributed by atoms with van der Waals surface area (Å²) in [4.78, 5) is 19.3. The summed E-state index contributed by atoms with van der Waals surface area (Å²) in [5.41, 5.74) is 1.44. The van der Waals surface area contributed by atoms with E-state index in [0.29, 0.717) is 11.6 Å². The van der Waals surface area contributed by atoms with Gasteiger partial charge in [-0.1, -0.05) is 12.1 Å². The first kappa shape index (κ1) is 16.9. The first-order valence-electron chi connectivity index (χ1n) is 7.80. The minimum atomic E-state index is -0.409. The molecule has 5 nitrogen and oxygen atoms in total. The van der Waals surface area contributed by atoms with E-state index in [9.17, 15) is 14.3 Å². The second kappa shape index (κ2) is 6.49. The van der Waals surface area contributed by atoms with E-state index in [-0.39, 0.29) is 18.5 Å². The molecule has 0 radical (unpaired) electrons. The van der Waals surface area contributed by atoms with Crippen LogP contribution >= 0.6 is 11.3 Å². The number of nitrogens with one attached hydrogen (secondary N) is 1. The molecule has 0 unspecified atom stereocenters. The van der Waals surface area contributed by atoms with Gasteiger partial charge in [0.15, 0.2) is 5.13 Å². The molecule has 2 aromatic rings. The lowest BCUT2D eigenvalue weighted by atomic mass is 10.1. The van der Waals surface area contributed by atoms with Gasteiger partial charge < -0.3 is 10.0 Å². The number of amides is 2. The Morgan fingerprint density at radius 3 is 2.67 bits per heavy atom. The van der Waals surface area contributed by atoms with Crippen LogP contribution in [0.5, 0.6) is 0 Å². The quantitative estimate of drug-likeness (QED) is 0.871. The van der Waals surface area contributed by atoms with Gasteiger partial charge in [0.2, 0.25) is 0 Å². The van der Waals surface area contributed by atoms with Crippen molar-refractivity contribution < 1.29 is 14.3 Å². The van der Waals surface area contributed by atoms with Crippen LogP contribution in [0.25, 0.3) is 0 Å². The summed E-state index contributed by atoms with van der Waals surface area (Å²) in [6.45, 7) is 1.87. The Bertz CT molecular complexity index is 741. The molecular weight excluding hydrogens is 329 g/mol. The number of aliphatic hydroxyl groups excluding tert-OH is 1. The van der Waals surface area contributed by atoms with E-state index in [4.69, 9.17) is 0 Å². The van der Waals surface area contributed by atoms with Crippen molar-refractivity contribution in [1.82, 2.24) is 9.88 Å². The number of rotatable bonds is 5. The Labute approximate surface area is 144 Å². The second-order valence-corrected chi connectivity index (χ2v) is 7.29. The summed E-state index contributed by atoms with van der Waals surface area (Å²) >= 11 is 1.42. The highest BCUT2D eigenvalue weighted by molar-refractivity contribution is 7.15.